The molecule has 0 aromatic carbocycles. The van der Waals surface area contributed by atoms with Gasteiger partial charge in [0.2, 0.25) is 5.91 Å². The van der Waals surface area contributed by atoms with Crippen molar-refractivity contribution in [3.63, 3.8) is 0 Å². The molecule has 0 aliphatic heterocycles. The Morgan fingerprint density at radius 2 is 2.06 bits per heavy atom. The van der Waals surface area contributed by atoms with E-state index in [9.17, 15) is 18.4 Å². The summed E-state index contributed by atoms with van der Waals surface area (Å²) in [5.41, 5.74) is 0. The van der Waals surface area contributed by atoms with Gasteiger partial charge in [0.15, 0.2) is 0 Å². The third kappa shape index (κ3) is 8.86. The summed E-state index contributed by atoms with van der Waals surface area (Å²) in [6.07, 6.45) is -0.807. The molecule has 18 heavy (non-hydrogen) atoms. The lowest BCUT2D eigenvalue weighted by Gasteiger charge is -2.14. The minimum absolute atomic E-state index is 0.122. The van der Waals surface area contributed by atoms with Crippen LogP contribution in [-0.2, 0) is 14.3 Å². The van der Waals surface area contributed by atoms with Crippen LogP contribution in [0.4, 0.5) is 8.78 Å². The van der Waals surface area contributed by atoms with E-state index in [2.05, 4.69) is 10.1 Å². The van der Waals surface area contributed by atoms with Gasteiger partial charge in [0, 0.05) is 6.42 Å². The molecule has 0 heterocycles. The number of carboxylic acid groups (broad SMARTS) is 1. The van der Waals surface area contributed by atoms with Crippen molar-refractivity contribution in [3.05, 3.63) is 0 Å². The van der Waals surface area contributed by atoms with Crippen molar-refractivity contribution in [3.8, 4) is 0 Å². The van der Waals surface area contributed by atoms with Crippen LogP contribution in [0.5, 0.6) is 0 Å². The summed E-state index contributed by atoms with van der Waals surface area (Å²) in [5, 5.41) is 11.2. The molecule has 0 aliphatic carbocycles. The number of hydrogen-bond donors (Lipinski definition) is 2. The molecule has 1 atom stereocenters. The highest BCUT2D eigenvalue weighted by molar-refractivity contribution is 5.83. The number of nitrogens with one attached hydrogen (secondary N) is 1. The number of carbonyl (C=O) groups is 2. The summed E-state index contributed by atoms with van der Waals surface area (Å²) in [5.74, 6) is -1.60. The van der Waals surface area contributed by atoms with E-state index in [1.165, 1.54) is 0 Å². The van der Waals surface area contributed by atoms with Crippen LogP contribution in [0.15, 0.2) is 0 Å². The number of aliphatic carboxylic acids is 1. The lowest BCUT2D eigenvalue weighted by Crippen LogP contribution is -2.41. The van der Waals surface area contributed by atoms with Gasteiger partial charge in [0.1, 0.15) is 12.6 Å². The second kappa shape index (κ2) is 9.76. The van der Waals surface area contributed by atoms with Crippen molar-refractivity contribution in [1.82, 2.24) is 5.32 Å². The molecule has 5 nitrogen and oxygen atoms in total. The van der Waals surface area contributed by atoms with Crippen molar-refractivity contribution in [2.24, 2.45) is 0 Å². The van der Waals surface area contributed by atoms with Crippen molar-refractivity contribution in [2.75, 3.05) is 13.2 Å². The van der Waals surface area contributed by atoms with Crippen LogP contribution in [0.2, 0.25) is 0 Å². The molecular weight excluding hydrogens is 248 g/mol. The van der Waals surface area contributed by atoms with Crippen LogP contribution in [0.25, 0.3) is 0 Å². The Labute approximate surface area is 105 Å². The van der Waals surface area contributed by atoms with E-state index >= 15 is 0 Å². The van der Waals surface area contributed by atoms with Gasteiger partial charge in [-0.05, 0) is 6.42 Å². The normalized spacial score (nSPS) is 12.4. The minimum atomic E-state index is -2.57. The quantitative estimate of drug-likeness (QED) is 0.587. The third-order valence-corrected chi connectivity index (χ3v) is 2.20. The SMILES string of the molecule is CCCCC(NC(=O)CCOCC(F)F)C(=O)O. The van der Waals surface area contributed by atoms with Crippen molar-refractivity contribution in [2.45, 2.75) is 45.1 Å². The summed E-state index contributed by atoms with van der Waals surface area (Å²) in [4.78, 5) is 22.1. The number of amides is 1. The summed E-state index contributed by atoms with van der Waals surface area (Å²) in [6.45, 7) is 1.06. The Hall–Kier alpha value is -1.24. The molecular formula is C11H19F2NO4. The van der Waals surface area contributed by atoms with E-state index in [0.29, 0.717) is 12.8 Å². The highest BCUT2D eigenvalue weighted by Crippen LogP contribution is 2.01. The third-order valence-electron chi connectivity index (χ3n) is 2.20. The van der Waals surface area contributed by atoms with E-state index in [-0.39, 0.29) is 13.0 Å². The summed E-state index contributed by atoms with van der Waals surface area (Å²) >= 11 is 0. The number of halogens is 2. The Balaban J connectivity index is 3.84. The molecule has 0 rings (SSSR count). The zero-order valence-corrected chi connectivity index (χ0v) is 10.3. The zero-order valence-electron chi connectivity index (χ0n) is 10.3. The van der Waals surface area contributed by atoms with Gasteiger partial charge >= 0.3 is 5.97 Å². The number of carbonyl (C=O) groups excluding carboxylic acids is 1. The lowest BCUT2D eigenvalue weighted by molar-refractivity contribution is -0.142. The second-order valence-corrected chi connectivity index (χ2v) is 3.82. The Morgan fingerprint density at radius 3 is 2.56 bits per heavy atom. The van der Waals surface area contributed by atoms with E-state index in [1.54, 1.807) is 0 Å². The Morgan fingerprint density at radius 1 is 1.39 bits per heavy atom. The van der Waals surface area contributed by atoms with Gasteiger partial charge in [0.25, 0.3) is 6.43 Å². The predicted octanol–water partition coefficient (Wildman–Crippen LogP) is 1.42. The maximum atomic E-state index is 11.7. The number of rotatable bonds is 10. The largest absolute Gasteiger partial charge is 0.480 e. The van der Waals surface area contributed by atoms with E-state index < -0.39 is 31.0 Å². The van der Waals surface area contributed by atoms with Gasteiger partial charge in [-0.25, -0.2) is 13.6 Å². The average Bonchev–Trinajstić information content (AvgIpc) is 2.29. The fourth-order valence-corrected chi connectivity index (χ4v) is 1.27. The van der Waals surface area contributed by atoms with Gasteiger partial charge in [-0.2, -0.15) is 0 Å². The Bertz CT molecular complexity index is 261. The summed E-state index contributed by atoms with van der Waals surface area (Å²) in [7, 11) is 0. The van der Waals surface area contributed by atoms with Crippen molar-refractivity contribution < 1.29 is 28.2 Å². The minimum Gasteiger partial charge on any atom is -0.480 e. The second-order valence-electron chi connectivity index (χ2n) is 3.82. The molecule has 0 fully saturated rings. The smallest absolute Gasteiger partial charge is 0.326 e. The van der Waals surface area contributed by atoms with Gasteiger partial charge in [-0.15, -0.1) is 0 Å². The lowest BCUT2D eigenvalue weighted by atomic mass is 10.1. The molecule has 2 N–H and O–H groups in total. The van der Waals surface area contributed by atoms with E-state index in [0.717, 1.165) is 6.42 Å². The predicted molar refractivity (Wildman–Crippen MR) is 60.5 cm³/mol. The summed E-state index contributed by atoms with van der Waals surface area (Å²) < 4.78 is 28.0. The maximum Gasteiger partial charge on any atom is 0.326 e. The van der Waals surface area contributed by atoms with Crippen LogP contribution < -0.4 is 5.32 Å². The van der Waals surface area contributed by atoms with Crippen molar-refractivity contribution >= 4 is 11.9 Å². The van der Waals surface area contributed by atoms with Crippen LogP contribution >= 0.6 is 0 Å². The molecule has 0 spiro atoms. The number of hydrogen-bond acceptors (Lipinski definition) is 3. The first-order chi connectivity index (χ1) is 8.47. The molecule has 1 amide bonds. The topological polar surface area (TPSA) is 75.6 Å². The molecule has 0 aliphatic rings. The molecule has 0 bridgehead atoms. The van der Waals surface area contributed by atoms with Crippen LogP contribution in [0, 0.1) is 0 Å². The highest BCUT2D eigenvalue weighted by atomic mass is 19.3. The summed E-state index contributed by atoms with van der Waals surface area (Å²) in [6, 6.07) is -0.924. The zero-order chi connectivity index (χ0) is 14.0. The van der Waals surface area contributed by atoms with Crippen LogP contribution in [-0.4, -0.2) is 42.7 Å². The van der Waals surface area contributed by atoms with Gasteiger partial charge in [-0.1, -0.05) is 19.8 Å². The fourth-order valence-electron chi connectivity index (χ4n) is 1.27. The van der Waals surface area contributed by atoms with E-state index in [1.807, 2.05) is 6.92 Å². The van der Waals surface area contributed by atoms with Gasteiger partial charge in [0.05, 0.1) is 6.61 Å². The first-order valence-electron chi connectivity index (χ1n) is 5.85. The maximum absolute atomic E-state index is 11.7. The molecule has 7 heteroatoms. The fraction of sp³-hybridized carbons (Fsp3) is 0.818. The standard InChI is InChI=1S/C11H19F2NO4/c1-2-3-4-8(11(16)17)14-10(15)5-6-18-7-9(12)13/h8-9H,2-7H2,1H3,(H,14,15)(H,16,17). The molecule has 0 aromatic heterocycles. The first-order valence-corrected chi connectivity index (χ1v) is 5.85. The average molecular weight is 267 g/mol. The molecule has 0 radical (unpaired) electrons. The highest BCUT2D eigenvalue weighted by Gasteiger charge is 2.18. The number of unbranched alkanes of at least 4 members (excludes halogenated alkanes) is 1. The molecule has 106 valence electrons. The van der Waals surface area contributed by atoms with Gasteiger partial charge < -0.3 is 15.2 Å². The van der Waals surface area contributed by atoms with Crippen LogP contribution in [0.3, 0.4) is 0 Å². The Kier molecular flexibility index (Phi) is 9.08. The van der Waals surface area contributed by atoms with E-state index in [4.69, 9.17) is 5.11 Å². The molecule has 0 saturated heterocycles. The monoisotopic (exact) mass is 267 g/mol. The number of alkyl halides is 2. The molecule has 0 aromatic rings. The molecule has 1 unspecified atom stereocenters. The number of ether oxygens (including phenoxy) is 1. The van der Waals surface area contributed by atoms with Gasteiger partial charge in [-0.3, -0.25) is 4.79 Å². The number of carboxylic acids is 1. The van der Waals surface area contributed by atoms with Crippen molar-refractivity contribution in [1.29, 1.82) is 0 Å². The van der Waals surface area contributed by atoms with Crippen LogP contribution in [0.1, 0.15) is 32.6 Å². The first kappa shape index (κ1) is 16.8. The molecule has 0 saturated carbocycles.